The molecule has 0 amide bonds. The van der Waals surface area contributed by atoms with Crippen molar-refractivity contribution < 1.29 is 52.5 Å². The van der Waals surface area contributed by atoms with E-state index < -0.39 is 51.8 Å². The molecule has 0 aromatic heterocycles. The topological polar surface area (TPSA) is 161 Å². The van der Waals surface area contributed by atoms with Gasteiger partial charge in [0.05, 0.1) is 32.0 Å². The molecule has 3 N–H and O–H groups in total. The van der Waals surface area contributed by atoms with Crippen molar-refractivity contribution in [3.05, 3.63) is 12.2 Å². The van der Waals surface area contributed by atoms with Crippen LogP contribution >= 0.6 is 7.82 Å². The molecule has 1 fully saturated rings. The van der Waals surface area contributed by atoms with E-state index in [0.717, 1.165) is 70.1 Å². The van der Waals surface area contributed by atoms with Gasteiger partial charge in [0.25, 0.3) is 0 Å². The highest BCUT2D eigenvalue weighted by Gasteiger charge is 2.36. The average molecular weight is 777 g/mol. The first kappa shape index (κ1) is 49.7. The number of aliphatic hydroxyl groups excluding tert-OH is 2. The van der Waals surface area contributed by atoms with Crippen LogP contribution in [-0.2, 0) is 37.4 Å². The summed E-state index contributed by atoms with van der Waals surface area (Å²) in [6.07, 6.45) is 29.2. The van der Waals surface area contributed by atoms with E-state index in [4.69, 9.17) is 23.8 Å². The van der Waals surface area contributed by atoms with Crippen LogP contribution in [0.15, 0.2) is 12.2 Å². The fourth-order valence-corrected chi connectivity index (χ4v) is 6.92. The zero-order chi connectivity index (χ0) is 39.0. The fourth-order valence-electron chi connectivity index (χ4n) is 6.13. The number of aliphatic hydroxyl groups is 2. The van der Waals surface area contributed by atoms with Gasteiger partial charge in [-0.1, -0.05) is 142 Å². The molecule has 0 bridgehead atoms. The maximum absolute atomic E-state index is 12.6. The first-order chi connectivity index (χ1) is 25.6. The van der Waals surface area contributed by atoms with Crippen molar-refractivity contribution in [3.8, 4) is 0 Å². The molecule has 312 valence electrons. The molecule has 0 aliphatic carbocycles. The molecule has 1 aliphatic heterocycles. The molecule has 1 aliphatic rings. The van der Waals surface area contributed by atoms with Gasteiger partial charge in [0, 0.05) is 12.8 Å². The molecule has 0 aromatic rings. The number of rotatable bonds is 38. The Bertz CT molecular complexity index is 976. The molecule has 0 aromatic carbocycles. The third-order valence-electron chi connectivity index (χ3n) is 9.52. The molecule has 11 nitrogen and oxygen atoms in total. The molecule has 53 heavy (non-hydrogen) atoms. The van der Waals surface area contributed by atoms with Gasteiger partial charge in [-0.3, -0.25) is 18.6 Å². The number of carbonyl (C=O) groups is 2. The van der Waals surface area contributed by atoms with Crippen molar-refractivity contribution in [2.45, 2.75) is 206 Å². The van der Waals surface area contributed by atoms with Gasteiger partial charge < -0.3 is 29.3 Å². The Hall–Kier alpha value is -1.33. The van der Waals surface area contributed by atoms with E-state index in [2.05, 4.69) is 37.4 Å². The second-order valence-corrected chi connectivity index (χ2v) is 16.7. The van der Waals surface area contributed by atoms with Gasteiger partial charge in [-0.05, 0) is 44.4 Å². The quantitative estimate of drug-likeness (QED) is 0.0180. The van der Waals surface area contributed by atoms with Gasteiger partial charge in [-0.15, -0.1) is 0 Å². The molecular formula is C41H77O11P. The lowest BCUT2D eigenvalue weighted by Crippen LogP contribution is -2.29. The Labute approximate surface area is 321 Å². The summed E-state index contributed by atoms with van der Waals surface area (Å²) >= 11 is 0. The van der Waals surface area contributed by atoms with Crippen LogP contribution in [0.3, 0.4) is 0 Å². The molecule has 1 heterocycles. The number of hydrogen-bond acceptors (Lipinski definition) is 10. The number of phosphoric ester groups is 1. The largest absolute Gasteiger partial charge is 0.472 e. The maximum Gasteiger partial charge on any atom is 0.472 e. The molecule has 1 saturated heterocycles. The highest BCUT2D eigenvalue weighted by molar-refractivity contribution is 7.47. The Morgan fingerprint density at radius 2 is 1.28 bits per heavy atom. The number of esters is 2. The van der Waals surface area contributed by atoms with Crippen molar-refractivity contribution in [2.75, 3.05) is 26.4 Å². The number of allylic oxidation sites excluding steroid dienone is 1. The highest BCUT2D eigenvalue weighted by Crippen LogP contribution is 2.43. The Morgan fingerprint density at radius 3 is 1.89 bits per heavy atom. The van der Waals surface area contributed by atoms with Crippen LogP contribution < -0.4 is 0 Å². The van der Waals surface area contributed by atoms with Gasteiger partial charge in [0.15, 0.2) is 6.10 Å². The zero-order valence-electron chi connectivity index (χ0n) is 33.6. The molecule has 5 atom stereocenters. The van der Waals surface area contributed by atoms with Crippen molar-refractivity contribution in [1.29, 1.82) is 0 Å². The third-order valence-corrected chi connectivity index (χ3v) is 10.5. The smallest absolute Gasteiger partial charge is 0.462 e. The highest BCUT2D eigenvalue weighted by atomic mass is 31.2. The second-order valence-electron chi connectivity index (χ2n) is 15.2. The number of ether oxygens (including phenoxy) is 3. The van der Waals surface area contributed by atoms with Gasteiger partial charge in [-0.2, -0.15) is 0 Å². The SMILES string of the molecule is CCCCC/C=C\CC1OC1CCCCCCCC(=O)OC[C@H](COP(=O)(O)OC[C@@H](O)CO)OC(=O)CCCCCCCCCCCCCC(C)C. The summed E-state index contributed by atoms with van der Waals surface area (Å²) < 4.78 is 38.5. The standard InChI is InChI=1S/C41H77O11P/c1-4-5-6-7-17-22-27-38-39(52-38)28-23-18-15-20-24-29-40(44)48-33-37(34-50-53(46,47)49-32-36(43)31-42)51-41(45)30-25-19-14-12-10-8-9-11-13-16-21-26-35(2)3/h17,22,35-39,42-43H,4-16,18-21,23-34H2,1-3H3,(H,46,47)/b22-17-/t36-,37+,38?,39?/m0/s1. The summed E-state index contributed by atoms with van der Waals surface area (Å²) in [7, 11) is -4.62. The molecule has 3 unspecified atom stereocenters. The van der Waals surface area contributed by atoms with Crippen LogP contribution in [0.2, 0.25) is 0 Å². The van der Waals surface area contributed by atoms with Crippen LogP contribution in [0.4, 0.5) is 0 Å². The number of carbonyl (C=O) groups excluding carboxylic acids is 2. The Morgan fingerprint density at radius 1 is 0.717 bits per heavy atom. The van der Waals surface area contributed by atoms with Gasteiger partial charge in [-0.25, -0.2) is 4.57 Å². The molecular weight excluding hydrogens is 699 g/mol. The van der Waals surface area contributed by atoms with Crippen LogP contribution in [-0.4, -0.2) is 77.9 Å². The minimum atomic E-state index is -4.62. The lowest BCUT2D eigenvalue weighted by molar-refractivity contribution is -0.161. The summed E-state index contributed by atoms with van der Waals surface area (Å²) in [5, 5.41) is 18.3. The Kier molecular flexibility index (Phi) is 30.8. The second kappa shape index (κ2) is 32.9. The van der Waals surface area contributed by atoms with Crippen molar-refractivity contribution in [3.63, 3.8) is 0 Å². The lowest BCUT2D eigenvalue weighted by atomic mass is 10.0. The van der Waals surface area contributed by atoms with E-state index >= 15 is 0 Å². The molecule has 0 radical (unpaired) electrons. The monoisotopic (exact) mass is 777 g/mol. The molecule has 0 saturated carbocycles. The number of epoxide rings is 1. The van der Waals surface area contributed by atoms with Crippen LogP contribution in [0.1, 0.15) is 181 Å². The van der Waals surface area contributed by atoms with Crippen LogP contribution in [0, 0.1) is 5.92 Å². The van der Waals surface area contributed by atoms with Crippen LogP contribution in [0.5, 0.6) is 0 Å². The minimum absolute atomic E-state index is 0.181. The third kappa shape index (κ3) is 31.6. The average Bonchev–Trinajstić information content (AvgIpc) is 3.88. The van der Waals surface area contributed by atoms with Gasteiger partial charge in [0.2, 0.25) is 0 Å². The maximum atomic E-state index is 12.6. The zero-order valence-corrected chi connectivity index (χ0v) is 34.5. The van der Waals surface area contributed by atoms with E-state index in [0.29, 0.717) is 25.0 Å². The van der Waals surface area contributed by atoms with Gasteiger partial charge >= 0.3 is 19.8 Å². The molecule has 0 spiro atoms. The molecule has 1 rings (SSSR count). The van der Waals surface area contributed by atoms with Crippen molar-refractivity contribution in [1.82, 2.24) is 0 Å². The van der Waals surface area contributed by atoms with Crippen LogP contribution in [0.25, 0.3) is 0 Å². The number of phosphoric acid groups is 1. The normalized spacial score (nSPS) is 17.9. The molecule has 12 heteroatoms. The summed E-state index contributed by atoms with van der Waals surface area (Å²) in [5.41, 5.74) is 0. The number of hydrogen-bond donors (Lipinski definition) is 3. The summed E-state index contributed by atoms with van der Waals surface area (Å²) in [5.74, 6) is -0.148. The van der Waals surface area contributed by atoms with Crippen molar-refractivity contribution >= 4 is 19.8 Å². The van der Waals surface area contributed by atoms with E-state index in [1.807, 2.05) is 0 Å². The predicted molar refractivity (Wildman–Crippen MR) is 209 cm³/mol. The minimum Gasteiger partial charge on any atom is -0.462 e. The Balaban J connectivity index is 2.26. The summed E-state index contributed by atoms with van der Waals surface area (Å²) in [6.45, 7) is 4.64. The summed E-state index contributed by atoms with van der Waals surface area (Å²) in [4.78, 5) is 35.0. The van der Waals surface area contributed by atoms with Crippen molar-refractivity contribution in [2.24, 2.45) is 5.92 Å². The first-order valence-corrected chi connectivity index (χ1v) is 22.6. The lowest BCUT2D eigenvalue weighted by Gasteiger charge is -2.20. The first-order valence-electron chi connectivity index (χ1n) is 21.1. The van der Waals surface area contributed by atoms with Gasteiger partial charge in [0.1, 0.15) is 12.7 Å². The van der Waals surface area contributed by atoms with E-state index in [-0.39, 0.29) is 19.4 Å². The van der Waals surface area contributed by atoms with E-state index in [9.17, 15) is 24.2 Å². The fraction of sp³-hybridized carbons (Fsp3) is 0.902. The summed E-state index contributed by atoms with van der Waals surface area (Å²) in [6, 6.07) is 0. The van der Waals surface area contributed by atoms with E-state index in [1.54, 1.807) is 0 Å². The van der Waals surface area contributed by atoms with E-state index in [1.165, 1.54) is 70.6 Å². The predicted octanol–water partition coefficient (Wildman–Crippen LogP) is 9.68. The number of unbranched alkanes of at least 4 members (excludes halogenated alkanes) is 17.